The summed E-state index contributed by atoms with van der Waals surface area (Å²) in [5.41, 5.74) is 3.49. The molecule has 0 radical (unpaired) electrons. The Morgan fingerprint density at radius 3 is 2.82 bits per heavy atom. The van der Waals surface area contributed by atoms with Crippen LogP contribution in [0.15, 0.2) is 29.3 Å². The van der Waals surface area contributed by atoms with Crippen molar-refractivity contribution in [2.24, 2.45) is 4.99 Å². The Morgan fingerprint density at radius 1 is 1.24 bits per heavy atom. The fourth-order valence-corrected chi connectivity index (χ4v) is 2.01. The number of aromatic amines is 2. The fourth-order valence-electron chi connectivity index (χ4n) is 1.80. The highest BCUT2D eigenvalue weighted by atomic mass is 32.1. The highest BCUT2D eigenvalue weighted by Crippen LogP contribution is 2.32. The van der Waals surface area contributed by atoms with Gasteiger partial charge in [0.1, 0.15) is 5.69 Å². The average Bonchev–Trinajstić information content (AvgIpc) is 2.85. The van der Waals surface area contributed by atoms with E-state index in [0.29, 0.717) is 10.5 Å². The Labute approximate surface area is 102 Å². The number of rotatable bonds is 1. The molecule has 0 spiro atoms. The van der Waals surface area contributed by atoms with Crippen molar-refractivity contribution in [2.75, 3.05) is 0 Å². The van der Waals surface area contributed by atoms with Crippen LogP contribution in [0, 0.1) is 4.77 Å². The number of aromatic hydroxyl groups is 1. The van der Waals surface area contributed by atoms with Crippen molar-refractivity contribution < 1.29 is 5.11 Å². The summed E-state index contributed by atoms with van der Waals surface area (Å²) in [6.45, 7) is 0. The fraction of sp³-hybridized carbons (Fsp3) is 0. The van der Waals surface area contributed by atoms with E-state index in [0.717, 1.165) is 16.8 Å². The molecule has 1 aliphatic rings. The van der Waals surface area contributed by atoms with Crippen LogP contribution < -0.4 is 0 Å². The van der Waals surface area contributed by atoms with Gasteiger partial charge < -0.3 is 15.1 Å². The first kappa shape index (κ1) is 10.0. The number of hydrogen-bond donors (Lipinski definition) is 3. The van der Waals surface area contributed by atoms with Crippen LogP contribution in [0.4, 0.5) is 5.69 Å². The van der Waals surface area contributed by atoms with E-state index in [1.54, 1.807) is 6.21 Å². The minimum Gasteiger partial charge on any atom is -0.493 e. The molecule has 2 heterocycles. The number of aromatic nitrogens is 2. The van der Waals surface area contributed by atoms with E-state index < -0.39 is 0 Å². The number of nitrogens with zero attached hydrogens (tertiary/aromatic N) is 1. The third kappa shape index (κ3) is 1.70. The standard InChI is InChI=1S/C12H9N3OS/c16-11-10(14-12(17)15-11)5-7-6-13-9-4-2-1-3-8(7)9/h1-6,16H,(H2,14,15,17). The van der Waals surface area contributed by atoms with Crippen LogP contribution in [0.2, 0.25) is 0 Å². The van der Waals surface area contributed by atoms with Gasteiger partial charge in [-0.2, -0.15) is 0 Å². The molecule has 2 aromatic rings. The third-order valence-corrected chi connectivity index (χ3v) is 2.80. The molecule has 84 valence electrons. The maximum Gasteiger partial charge on any atom is 0.215 e. The first-order valence-corrected chi connectivity index (χ1v) is 5.51. The number of imidazole rings is 1. The molecule has 17 heavy (non-hydrogen) atoms. The molecule has 1 aromatic carbocycles. The van der Waals surface area contributed by atoms with E-state index in [-0.39, 0.29) is 5.88 Å². The number of aliphatic imine (C=N–C) groups is 1. The number of nitrogens with one attached hydrogen (secondary N) is 2. The topological polar surface area (TPSA) is 64.2 Å². The molecule has 1 aromatic heterocycles. The van der Waals surface area contributed by atoms with Crippen molar-refractivity contribution >= 4 is 35.8 Å². The van der Waals surface area contributed by atoms with Crippen LogP contribution in [0.1, 0.15) is 11.3 Å². The van der Waals surface area contributed by atoms with E-state index in [9.17, 15) is 5.11 Å². The van der Waals surface area contributed by atoms with Crippen LogP contribution in [-0.4, -0.2) is 21.3 Å². The van der Waals surface area contributed by atoms with Gasteiger partial charge in [-0.25, -0.2) is 0 Å². The molecule has 0 unspecified atom stereocenters. The van der Waals surface area contributed by atoms with Crippen molar-refractivity contribution in [3.8, 4) is 5.88 Å². The molecule has 0 saturated heterocycles. The number of hydrogen-bond acceptors (Lipinski definition) is 3. The second-order valence-corrected chi connectivity index (χ2v) is 4.12. The van der Waals surface area contributed by atoms with Crippen LogP contribution in [0.25, 0.3) is 11.6 Å². The molecule has 3 N–H and O–H groups in total. The molecule has 0 amide bonds. The van der Waals surface area contributed by atoms with E-state index >= 15 is 0 Å². The number of para-hydroxylation sites is 1. The molecular formula is C12H9N3OS. The van der Waals surface area contributed by atoms with Crippen molar-refractivity contribution in [3.05, 3.63) is 40.3 Å². The van der Waals surface area contributed by atoms with E-state index in [1.807, 2.05) is 30.3 Å². The lowest BCUT2D eigenvalue weighted by atomic mass is 10.1. The van der Waals surface area contributed by atoms with Gasteiger partial charge in [0.15, 0.2) is 4.77 Å². The van der Waals surface area contributed by atoms with Crippen LogP contribution >= 0.6 is 12.2 Å². The number of benzene rings is 1. The van der Waals surface area contributed by atoms with Crippen molar-refractivity contribution in [1.82, 2.24) is 9.97 Å². The maximum absolute atomic E-state index is 9.60. The number of fused-ring (bicyclic) bond motifs is 1. The number of allylic oxidation sites excluding steroid dienone is 1. The maximum atomic E-state index is 9.60. The van der Waals surface area contributed by atoms with Crippen molar-refractivity contribution in [3.63, 3.8) is 0 Å². The van der Waals surface area contributed by atoms with Gasteiger partial charge in [0.2, 0.25) is 5.88 Å². The highest BCUT2D eigenvalue weighted by molar-refractivity contribution is 7.71. The zero-order chi connectivity index (χ0) is 11.8. The normalized spacial score (nSPS) is 15.4. The van der Waals surface area contributed by atoms with Gasteiger partial charge in [0.25, 0.3) is 0 Å². The largest absolute Gasteiger partial charge is 0.493 e. The SMILES string of the molecule is Oc1[nH]c(=S)[nH]c1C=C1C=Nc2ccccc21. The van der Waals surface area contributed by atoms with E-state index in [1.165, 1.54) is 0 Å². The van der Waals surface area contributed by atoms with Gasteiger partial charge in [-0.3, -0.25) is 4.99 Å². The summed E-state index contributed by atoms with van der Waals surface area (Å²) in [6.07, 6.45) is 3.59. The molecule has 0 atom stereocenters. The Balaban J connectivity index is 2.11. The lowest BCUT2D eigenvalue weighted by Crippen LogP contribution is -1.81. The summed E-state index contributed by atoms with van der Waals surface area (Å²) < 4.78 is 0.401. The van der Waals surface area contributed by atoms with Crippen LogP contribution in [0.5, 0.6) is 5.88 Å². The molecule has 3 rings (SSSR count). The van der Waals surface area contributed by atoms with Crippen LogP contribution in [-0.2, 0) is 0 Å². The Kier molecular flexibility index (Phi) is 2.19. The zero-order valence-electron chi connectivity index (χ0n) is 8.77. The minimum atomic E-state index is 0.0419. The first-order chi connectivity index (χ1) is 8.24. The average molecular weight is 243 g/mol. The second-order valence-electron chi connectivity index (χ2n) is 3.72. The second kappa shape index (κ2) is 3.71. The molecule has 4 nitrogen and oxygen atoms in total. The molecular weight excluding hydrogens is 234 g/mol. The minimum absolute atomic E-state index is 0.0419. The van der Waals surface area contributed by atoms with Crippen molar-refractivity contribution in [1.29, 1.82) is 0 Å². The van der Waals surface area contributed by atoms with Gasteiger partial charge in [0, 0.05) is 17.4 Å². The third-order valence-electron chi connectivity index (χ3n) is 2.59. The van der Waals surface area contributed by atoms with Crippen LogP contribution in [0.3, 0.4) is 0 Å². The molecule has 0 saturated carbocycles. The van der Waals surface area contributed by atoms with Gasteiger partial charge >= 0.3 is 0 Å². The monoisotopic (exact) mass is 243 g/mol. The summed E-state index contributed by atoms with van der Waals surface area (Å²) in [5.74, 6) is 0.0419. The Morgan fingerprint density at radius 2 is 2.06 bits per heavy atom. The summed E-state index contributed by atoms with van der Waals surface area (Å²) in [5, 5.41) is 9.60. The van der Waals surface area contributed by atoms with Gasteiger partial charge in [-0.1, -0.05) is 18.2 Å². The Bertz CT molecular complexity index is 694. The van der Waals surface area contributed by atoms with E-state index in [4.69, 9.17) is 12.2 Å². The first-order valence-electron chi connectivity index (χ1n) is 5.10. The predicted octanol–water partition coefficient (Wildman–Crippen LogP) is 3.03. The summed E-state index contributed by atoms with van der Waals surface area (Å²) in [7, 11) is 0. The predicted molar refractivity (Wildman–Crippen MR) is 70.1 cm³/mol. The summed E-state index contributed by atoms with van der Waals surface area (Å²) >= 11 is 4.91. The van der Waals surface area contributed by atoms with Gasteiger partial charge in [-0.05, 0) is 24.4 Å². The molecule has 0 fully saturated rings. The van der Waals surface area contributed by atoms with Gasteiger partial charge in [-0.15, -0.1) is 0 Å². The van der Waals surface area contributed by atoms with E-state index in [2.05, 4.69) is 15.0 Å². The highest BCUT2D eigenvalue weighted by Gasteiger charge is 2.12. The Hall–Kier alpha value is -2.14. The molecule has 5 heteroatoms. The lowest BCUT2D eigenvalue weighted by molar-refractivity contribution is 0.455. The quantitative estimate of drug-likeness (QED) is 0.674. The zero-order valence-corrected chi connectivity index (χ0v) is 9.58. The number of H-pyrrole nitrogens is 2. The van der Waals surface area contributed by atoms with Crippen molar-refractivity contribution in [2.45, 2.75) is 0 Å². The lowest BCUT2D eigenvalue weighted by Gasteiger charge is -1.97. The molecule has 1 aliphatic heterocycles. The summed E-state index contributed by atoms with van der Waals surface area (Å²) in [4.78, 5) is 9.79. The molecule has 0 aliphatic carbocycles. The smallest absolute Gasteiger partial charge is 0.215 e. The molecule has 0 bridgehead atoms. The summed E-state index contributed by atoms with van der Waals surface area (Å²) in [6, 6.07) is 7.85. The van der Waals surface area contributed by atoms with Gasteiger partial charge in [0.05, 0.1) is 5.69 Å².